The van der Waals surface area contributed by atoms with Gasteiger partial charge in [0.15, 0.2) is 0 Å². The Kier molecular flexibility index (Phi) is 3.49. The molecule has 1 fully saturated rings. The molecule has 1 saturated heterocycles. The van der Waals surface area contributed by atoms with Crippen molar-refractivity contribution in [3.63, 3.8) is 0 Å². The second-order valence-corrected chi connectivity index (χ2v) is 4.08. The standard InChI is InChI=1S/C12H15N3O2/c1-15-11(16)6-5-10(12(15)17)14-8-9-4-2-3-7-13-9/h2-4,7,10,14H,5-6,8H2,1H3. The quantitative estimate of drug-likeness (QED) is 0.764. The second-order valence-electron chi connectivity index (χ2n) is 4.08. The smallest absolute Gasteiger partial charge is 0.246 e. The maximum absolute atomic E-state index is 11.8. The number of likely N-dealkylation sites (tertiary alicyclic amines) is 1. The lowest BCUT2D eigenvalue weighted by Gasteiger charge is -2.28. The Morgan fingerprint density at radius 3 is 3.00 bits per heavy atom. The summed E-state index contributed by atoms with van der Waals surface area (Å²) in [5.41, 5.74) is 0.889. The minimum absolute atomic E-state index is 0.106. The molecule has 0 bridgehead atoms. The molecular weight excluding hydrogens is 218 g/mol. The van der Waals surface area contributed by atoms with Gasteiger partial charge < -0.3 is 5.32 Å². The van der Waals surface area contributed by atoms with E-state index in [0.717, 1.165) is 5.69 Å². The van der Waals surface area contributed by atoms with Gasteiger partial charge in [-0.25, -0.2) is 0 Å². The van der Waals surface area contributed by atoms with E-state index >= 15 is 0 Å². The molecule has 1 N–H and O–H groups in total. The van der Waals surface area contributed by atoms with E-state index in [1.54, 1.807) is 6.20 Å². The zero-order valence-corrected chi connectivity index (χ0v) is 9.72. The van der Waals surface area contributed by atoms with Crippen LogP contribution in [0.1, 0.15) is 18.5 Å². The van der Waals surface area contributed by atoms with Gasteiger partial charge in [-0.2, -0.15) is 0 Å². The summed E-state index contributed by atoms with van der Waals surface area (Å²) in [7, 11) is 1.53. The highest BCUT2D eigenvalue weighted by atomic mass is 16.2. The van der Waals surface area contributed by atoms with Crippen LogP contribution in [0.15, 0.2) is 24.4 Å². The van der Waals surface area contributed by atoms with Gasteiger partial charge in [-0.15, -0.1) is 0 Å². The van der Waals surface area contributed by atoms with Crippen LogP contribution >= 0.6 is 0 Å². The van der Waals surface area contributed by atoms with Gasteiger partial charge in [0.05, 0.1) is 11.7 Å². The molecule has 5 heteroatoms. The maximum atomic E-state index is 11.8. The summed E-state index contributed by atoms with van der Waals surface area (Å²) in [6.07, 6.45) is 2.70. The Labute approximate surface area is 99.8 Å². The minimum atomic E-state index is -0.278. The van der Waals surface area contributed by atoms with Crippen LogP contribution in [0.4, 0.5) is 0 Å². The third kappa shape index (κ3) is 2.68. The monoisotopic (exact) mass is 233 g/mol. The van der Waals surface area contributed by atoms with E-state index in [4.69, 9.17) is 0 Å². The number of carbonyl (C=O) groups is 2. The Morgan fingerprint density at radius 1 is 1.47 bits per heavy atom. The van der Waals surface area contributed by atoms with Crippen molar-refractivity contribution >= 4 is 11.8 Å². The van der Waals surface area contributed by atoms with Crippen LogP contribution in [-0.2, 0) is 16.1 Å². The highest BCUT2D eigenvalue weighted by molar-refractivity contribution is 6.00. The summed E-state index contributed by atoms with van der Waals surface area (Å²) in [4.78, 5) is 28.4. The Balaban J connectivity index is 1.92. The molecule has 2 amide bonds. The van der Waals surface area contributed by atoms with Crippen molar-refractivity contribution in [1.82, 2.24) is 15.2 Å². The normalized spacial score (nSPS) is 20.8. The topological polar surface area (TPSA) is 62.3 Å². The fourth-order valence-electron chi connectivity index (χ4n) is 1.84. The van der Waals surface area contributed by atoms with Crippen molar-refractivity contribution in [2.24, 2.45) is 0 Å². The fourth-order valence-corrected chi connectivity index (χ4v) is 1.84. The number of pyridine rings is 1. The lowest BCUT2D eigenvalue weighted by Crippen LogP contribution is -2.51. The third-order valence-electron chi connectivity index (χ3n) is 2.91. The molecule has 2 rings (SSSR count). The zero-order chi connectivity index (χ0) is 12.3. The molecular formula is C12H15N3O2. The molecule has 0 spiro atoms. The summed E-state index contributed by atoms with van der Waals surface area (Å²) < 4.78 is 0. The lowest BCUT2D eigenvalue weighted by molar-refractivity contribution is -0.148. The van der Waals surface area contributed by atoms with E-state index in [9.17, 15) is 9.59 Å². The fraction of sp³-hybridized carbons (Fsp3) is 0.417. The van der Waals surface area contributed by atoms with Gasteiger partial charge in [0, 0.05) is 26.2 Å². The van der Waals surface area contributed by atoms with Crippen molar-refractivity contribution in [2.45, 2.75) is 25.4 Å². The Hall–Kier alpha value is -1.75. The van der Waals surface area contributed by atoms with Crippen LogP contribution in [0, 0.1) is 0 Å². The van der Waals surface area contributed by atoms with Gasteiger partial charge in [-0.05, 0) is 18.6 Å². The van der Waals surface area contributed by atoms with Crippen molar-refractivity contribution in [1.29, 1.82) is 0 Å². The number of aromatic nitrogens is 1. The first-order valence-corrected chi connectivity index (χ1v) is 5.62. The average molecular weight is 233 g/mol. The first-order chi connectivity index (χ1) is 8.18. The largest absolute Gasteiger partial charge is 0.300 e. The molecule has 0 radical (unpaired) electrons. The number of carbonyl (C=O) groups excluding carboxylic acids is 2. The summed E-state index contributed by atoms with van der Waals surface area (Å²) in [6.45, 7) is 0.541. The van der Waals surface area contributed by atoms with Crippen molar-refractivity contribution in [3.05, 3.63) is 30.1 Å². The van der Waals surface area contributed by atoms with Crippen molar-refractivity contribution in [2.75, 3.05) is 7.05 Å². The van der Waals surface area contributed by atoms with Crippen LogP contribution in [0.25, 0.3) is 0 Å². The van der Waals surface area contributed by atoms with Gasteiger partial charge >= 0.3 is 0 Å². The number of likely N-dealkylation sites (N-methyl/N-ethyl adjacent to an activating group) is 1. The van der Waals surface area contributed by atoms with Crippen molar-refractivity contribution in [3.8, 4) is 0 Å². The van der Waals surface area contributed by atoms with E-state index in [0.29, 0.717) is 19.4 Å². The van der Waals surface area contributed by atoms with Gasteiger partial charge in [-0.3, -0.25) is 19.5 Å². The van der Waals surface area contributed by atoms with Crippen LogP contribution < -0.4 is 5.32 Å². The number of nitrogens with one attached hydrogen (secondary N) is 1. The maximum Gasteiger partial charge on any atom is 0.246 e. The number of piperidine rings is 1. The predicted octanol–water partition coefficient (Wildman–Crippen LogP) is 0.319. The highest BCUT2D eigenvalue weighted by Gasteiger charge is 2.31. The minimum Gasteiger partial charge on any atom is -0.300 e. The first kappa shape index (κ1) is 11.7. The average Bonchev–Trinajstić information content (AvgIpc) is 2.36. The van der Waals surface area contributed by atoms with Gasteiger partial charge in [0.1, 0.15) is 0 Å². The molecule has 1 aliphatic heterocycles. The number of nitrogens with zero attached hydrogens (tertiary/aromatic N) is 2. The zero-order valence-electron chi connectivity index (χ0n) is 9.72. The molecule has 1 atom stereocenters. The van der Waals surface area contributed by atoms with E-state index in [1.165, 1.54) is 11.9 Å². The number of hydrogen-bond donors (Lipinski definition) is 1. The SMILES string of the molecule is CN1C(=O)CCC(NCc2ccccn2)C1=O. The molecule has 90 valence electrons. The molecule has 1 aliphatic rings. The van der Waals surface area contributed by atoms with Crippen LogP contribution in [0.3, 0.4) is 0 Å². The predicted molar refractivity (Wildman–Crippen MR) is 61.9 cm³/mol. The molecule has 17 heavy (non-hydrogen) atoms. The summed E-state index contributed by atoms with van der Waals surface area (Å²) in [5.74, 6) is -0.261. The molecule has 0 aliphatic carbocycles. The van der Waals surface area contributed by atoms with Gasteiger partial charge in [-0.1, -0.05) is 6.07 Å². The molecule has 1 aromatic heterocycles. The van der Waals surface area contributed by atoms with Crippen LogP contribution in [0.5, 0.6) is 0 Å². The summed E-state index contributed by atoms with van der Waals surface area (Å²) in [5, 5.41) is 3.13. The highest BCUT2D eigenvalue weighted by Crippen LogP contribution is 2.11. The Morgan fingerprint density at radius 2 is 2.29 bits per heavy atom. The van der Waals surface area contributed by atoms with Crippen LogP contribution in [0.2, 0.25) is 0 Å². The van der Waals surface area contributed by atoms with Gasteiger partial charge in [0.2, 0.25) is 11.8 Å². The molecule has 1 unspecified atom stereocenters. The second kappa shape index (κ2) is 5.05. The van der Waals surface area contributed by atoms with Crippen molar-refractivity contribution < 1.29 is 9.59 Å². The lowest BCUT2D eigenvalue weighted by atomic mass is 10.0. The van der Waals surface area contributed by atoms with E-state index in [2.05, 4.69) is 10.3 Å². The van der Waals surface area contributed by atoms with Gasteiger partial charge in [0.25, 0.3) is 0 Å². The molecule has 0 saturated carbocycles. The van der Waals surface area contributed by atoms with E-state index in [-0.39, 0.29) is 17.9 Å². The molecule has 2 heterocycles. The molecule has 5 nitrogen and oxygen atoms in total. The number of rotatable bonds is 3. The van der Waals surface area contributed by atoms with E-state index < -0.39 is 0 Å². The number of imide groups is 1. The third-order valence-corrected chi connectivity index (χ3v) is 2.91. The Bertz CT molecular complexity index is 419. The summed E-state index contributed by atoms with van der Waals surface area (Å²) >= 11 is 0. The first-order valence-electron chi connectivity index (χ1n) is 5.62. The van der Waals surface area contributed by atoms with E-state index in [1.807, 2.05) is 18.2 Å². The number of amides is 2. The molecule has 0 aromatic carbocycles. The number of hydrogen-bond acceptors (Lipinski definition) is 4. The molecule has 1 aromatic rings. The summed E-state index contributed by atoms with van der Waals surface area (Å²) in [6, 6.07) is 5.37. The van der Waals surface area contributed by atoms with Crippen LogP contribution in [-0.4, -0.2) is 34.8 Å².